The molecule has 1 N–H and O–H groups in total. The predicted molar refractivity (Wildman–Crippen MR) is 84.8 cm³/mol. The number of hydrogen-bond acceptors (Lipinski definition) is 4. The number of hydrogen-bond donors (Lipinski definition) is 1. The highest BCUT2D eigenvalue weighted by molar-refractivity contribution is 5.67. The van der Waals surface area contributed by atoms with E-state index in [9.17, 15) is 0 Å². The Kier molecular flexibility index (Phi) is 5.17. The smallest absolute Gasteiger partial charge is 0.123 e. The van der Waals surface area contributed by atoms with Crippen molar-refractivity contribution in [2.24, 2.45) is 0 Å². The molecule has 112 valence electrons. The normalized spacial score (nSPS) is 10.7. The zero-order valence-corrected chi connectivity index (χ0v) is 13.0. The molecule has 21 heavy (non-hydrogen) atoms. The number of rotatable bonds is 6. The molecule has 1 heterocycles. The molecule has 0 aliphatic carbocycles. The van der Waals surface area contributed by atoms with Crippen molar-refractivity contribution in [3.63, 3.8) is 0 Å². The summed E-state index contributed by atoms with van der Waals surface area (Å²) in [4.78, 5) is 4.33. The van der Waals surface area contributed by atoms with Crippen LogP contribution in [0.2, 0.25) is 0 Å². The minimum Gasteiger partial charge on any atom is -0.497 e. The lowest BCUT2D eigenvalue weighted by atomic mass is 10.1. The van der Waals surface area contributed by atoms with Crippen LogP contribution in [0.5, 0.6) is 11.5 Å². The van der Waals surface area contributed by atoms with Crippen LogP contribution in [0, 0.1) is 0 Å². The summed E-state index contributed by atoms with van der Waals surface area (Å²) in [7, 11) is 3.31. The highest BCUT2D eigenvalue weighted by Crippen LogP contribution is 2.29. The lowest BCUT2D eigenvalue weighted by Crippen LogP contribution is -2.21. The number of aromatic nitrogens is 1. The van der Waals surface area contributed by atoms with Gasteiger partial charge in [-0.15, -0.1) is 0 Å². The molecule has 4 heteroatoms. The Morgan fingerprint density at radius 1 is 0.952 bits per heavy atom. The molecular weight excluding hydrogens is 264 g/mol. The maximum absolute atomic E-state index is 5.32. The van der Waals surface area contributed by atoms with Gasteiger partial charge in [-0.05, 0) is 29.3 Å². The summed E-state index contributed by atoms with van der Waals surface area (Å²) >= 11 is 0. The van der Waals surface area contributed by atoms with Crippen LogP contribution in [0.4, 0.5) is 0 Å². The van der Waals surface area contributed by atoms with E-state index in [0.29, 0.717) is 6.04 Å². The molecule has 1 aromatic heterocycles. The molecule has 0 saturated carbocycles. The summed E-state index contributed by atoms with van der Waals surface area (Å²) in [5.41, 5.74) is 3.24. The third kappa shape index (κ3) is 4.20. The first-order chi connectivity index (χ1) is 10.1. The molecule has 0 aliphatic heterocycles. The zero-order chi connectivity index (χ0) is 15.2. The Morgan fingerprint density at radius 2 is 1.62 bits per heavy atom. The minimum atomic E-state index is 0.450. The van der Waals surface area contributed by atoms with Crippen LogP contribution >= 0.6 is 0 Å². The highest BCUT2D eigenvalue weighted by atomic mass is 16.5. The van der Waals surface area contributed by atoms with E-state index in [1.54, 1.807) is 14.2 Å². The number of nitrogens with zero attached hydrogens (tertiary/aromatic N) is 1. The molecule has 2 aromatic rings. The summed E-state index contributed by atoms with van der Waals surface area (Å²) in [6.45, 7) is 5.06. The van der Waals surface area contributed by atoms with Gasteiger partial charge in [-0.1, -0.05) is 13.8 Å². The van der Waals surface area contributed by atoms with Gasteiger partial charge in [-0.25, -0.2) is 0 Å². The van der Waals surface area contributed by atoms with E-state index in [1.165, 1.54) is 0 Å². The maximum Gasteiger partial charge on any atom is 0.123 e. The quantitative estimate of drug-likeness (QED) is 0.885. The van der Waals surface area contributed by atoms with Crippen LogP contribution < -0.4 is 14.8 Å². The van der Waals surface area contributed by atoms with Gasteiger partial charge in [0.2, 0.25) is 0 Å². The molecule has 0 radical (unpaired) electrons. The Labute approximate surface area is 126 Å². The second-order valence-corrected chi connectivity index (χ2v) is 5.22. The average Bonchev–Trinajstić information content (AvgIpc) is 2.52. The molecule has 0 aliphatic rings. The largest absolute Gasteiger partial charge is 0.497 e. The van der Waals surface area contributed by atoms with Gasteiger partial charge in [0.25, 0.3) is 0 Å². The van der Waals surface area contributed by atoms with Gasteiger partial charge >= 0.3 is 0 Å². The Balaban J connectivity index is 2.30. The first kappa shape index (κ1) is 15.3. The van der Waals surface area contributed by atoms with Gasteiger partial charge in [-0.3, -0.25) is 4.98 Å². The summed E-state index contributed by atoms with van der Waals surface area (Å²) < 4.78 is 10.6. The highest BCUT2D eigenvalue weighted by Gasteiger charge is 2.06. The zero-order valence-electron chi connectivity index (χ0n) is 13.0. The SMILES string of the molecule is COc1cc(OC)cc(-c2cncc(CNC(C)C)c2)c1. The summed E-state index contributed by atoms with van der Waals surface area (Å²) in [5.74, 6) is 1.55. The van der Waals surface area contributed by atoms with Gasteiger partial charge in [0.1, 0.15) is 11.5 Å². The van der Waals surface area contributed by atoms with E-state index in [2.05, 4.69) is 30.2 Å². The van der Waals surface area contributed by atoms with Gasteiger partial charge < -0.3 is 14.8 Å². The van der Waals surface area contributed by atoms with E-state index in [4.69, 9.17) is 9.47 Å². The average molecular weight is 286 g/mol. The fraction of sp³-hybridized carbons (Fsp3) is 0.353. The standard InChI is InChI=1S/C17H22N2O2/c1-12(2)19-10-13-5-15(11-18-9-13)14-6-16(20-3)8-17(7-14)21-4/h5-9,11-12,19H,10H2,1-4H3. The maximum atomic E-state index is 5.32. The first-order valence-corrected chi connectivity index (χ1v) is 7.03. The molecule has 0 fully saturated rings. The molecule has 0 unspecified atom stereocenters. The molecular formula is C17H22N2O2. The van der Waals surface area contributed by atoms with Gasteiger partial charge in [0.05, 0.1) is 14.2 Å². The van der Waals surface area contributed by atoms with Crippen molar-refractivity contribution in [3.8, 4) is 22.6 Å². The molecule has 0 bridgehead atoms. The lowest BCUT2D eigenvalue weighted by Gasteiger charge is -2.11. The second kappa shape index (κ2) is 7.09. The third-order valence-electron chi connectivity index (χ3n) is 3.19. The predicted octanol–water partition coefficient (Wildman–Crippen LogP) is 3.26. The topological polar surface area (TPSA) is 43.4 Å². The lowest BCUT2D eigenvalue weighted by molar-refractivity contribution is 0.394. The van der Waals surface area contributed by atoms with Crippen molar-refractivity contribution in [3.05, 3.63) is 42.2 Å². The van der Waals surface area contributed by atoms with Gasteiger partial charge in [0, 0.05) is 36.6 Å². The van der Waals surface area contributed by atoms with Crippen molar-refractivity contribution < 1.29 is 9.47 Å². The van der Waals surface area contributed by atoms with E-state index < -0.39 is 0 Å². The van der Waals surface area contributed by atoms with E-state index in [1.807, 2.05) is 30.6 Å². The van der Waals surface area contributed by atoms with Crippen molar-refractivity contribution >= 4 is 0 Å². The summed E-state index contributed by atoms with van der Waals surface area (Å²) in [6.07, 6.45) is 3.74. The number of methoxy groups -OCH3 is 2. The first-order valence-electron chi connectivity index (χ1n) is 7.03. The molecule has 4 nitrogen and oxygen atoms in total. The Morgan fingerprint density at radius 3 is 2.19 bits per heavy atom. The van der Waals surface area contributed by atoms with Crippen molar-refractivity contribution in [1.82, 2.24) is 10.3 Å². The van der Waals surface area contributed by atoms with Crippen LogP contribution in [0.1, 0.15) is 19.4 Å². The minimum absolute atomic E-state index is 0.450. The van der Waals surface area contributed by atoms with Crippen LogP contribution in [0.25, 0.3) is 11.1 Å². The number of ether oxygens (including phenoxy) is 2. The fourth-order valence-corrected chi connectivity index (χ4v) is 2.04. The number of pyridine rings is 1. The Bertz CT molecular complexity index is 575. The summed E-state index contributed by atoms with van der Waals surface area (Å²) in [5, 5.41) is 3.40. The van der Waals surface area contributed by atoms with Gasteiger partial charge in [-0.2, -0.15) is 0 Å². The molecule has 2 rings (SSSR count). The molecule has 0 atom stereocenters. The number of benzene rings is 1. The van der Waals surface area contributed by atoms with E-state index in [0.717, 1.165) is 34.7 Å². The molecule has 1 aromatic carbocycles. The van der Waals surface area contributed by atoms with Crippen LogP contribution in [-0.4, -0.2) is 25.2 Å². The molecule has 0 spiro atoms. The monoisotopic (exact) mass is 286 g/mol. The van der Waals surface area contributed by atoms with Crippen molar-refractivity contribution in [1.29, 1.82) is 0 Å². The van der Waals surface area contributed by atoms with Crippen LogP contribution in [-0.2, 0) is 6.54 Å². The fourth-order valence-electron chi connectivity index (χ4n) is 2.04. The van der Waals surface area contributed by atoms with Crippen LogP contribution in [0.3, 0.4) is 0 Å². The van der Waals surface area contributed by atoms with Crippen LogP contribution in [0.15, 0.2) is 36.7 Å². The van der Waals surface area contributed by atoms with Gasteiger partial charge in [0.15, 0.2) is 0 Å². The number of nitrogens with one attached hydrogen (secondary N) is 1. The van der Waals surface area contributed by atoms with E-state index >= 15 is 0 Å². The molecule has 0 saturated heterocycles. The van der Waals surface area contributed by atoms with Crippen molar-refractivity contribution in [2.45, 2.75) is 26.4 Å². The van der Waals surface area contributed by atoms with E-state index in [-0.39, 0.29) is 0 Å². The second-order valence-electron chi connectivity index (χ2n) is 5.22. The van der Waals surface area contributed by atoms with Crippen molar-refractivity contribution in [2.75, 3.05) is 14.2 Å². The third-order valence-corrected chi connectivity index (χ3v) is 3.19. The molecule has 0 amide bonds. The summed E-state index contributed by atoms with van der Waals surface area (Å²) in [6, 6.07) is 8.42. The Hall–Kier alpha value is -2.07.